The Balaban J connectivity index is 2.95. The molecular formula is C11H16N2O3. The van der Waals surface area contributed by atoms with Crippen molar-refractivity contribution in [1.29, 1.82) is 0 Å². The molecule has 5 heteroatoms. The summed E-state index contributed by atoms with van der Waals surface area (Å²) in [7, 11) is 3.70. The molecule has 0 amide bonds. The molecule has 5 nitrogen and oxygen atoms in total. The number of benzene rings is 1. The van der Waals surface area contributed by atoms with E-state index in [0.717, 1.165) is 0 Å². The van der Waals surface area contributed by atoms with Gasteiger partial charge in [0.15, 0.2) is 0 Å². The SMILES string of the molecule is C[C@H]([C@H](O)c1cccc([N+](=O)[O-])c1)N(C)C. The molecule has 0 aliphatic rings. The molecule has 0 radical (unpaired) electrons. The van der Waals surface area contributed by atoms with Gasteiger partial charge in [-0.25, -0.2) is 0 Å². The summed E-state index contributed by atoms with van der Waals surface area (Å²) in [4.78, 5) is 12.0. The maximum absolute atomic E-state index is 10.6. The van der Waals surface area contributed by atoms with Gasteiger partial charge in [-0.3, -0.25) is 10.1 Å². The van der Waals surface area contributed by atoms with Crippen molar-refractivity contribution in [3.63, 3.8) is 0 Å². The van der Waals surface area contributed by atoms with Crippen LogP contribution >= 0.6 is 0 Å². The highest BCUT2D eigenvalue weighted by Gasteiger charge is 2.19. The molecule has 0 bridgehead atoms. The van der Waals surface area contributed by atoms with Gasteiger partial charge in [-0.2, -0.15) is 0 Å². The van der Waals surface area contributed by atoms with Gasteiger partial charge in [0.1, 0.15) is 0 Å². The molecule has 88 valence electrons. The Morgan fingerprint density at radius 1 is 1.44 bits per heavy atom. The third kappa shape index (κ3) is 2.77. The molecule has 1 rings (SSSR count). The van der Waals surface area contributed by atoms with E-state index in [1.165, 1.54) is 12.1 Å². The molecule has 0 aliphatic heterocycles. The zero-order valence-electron chi connectivity index (χ0n) is 9.62. The van der Waals surface area contributed by atoms with Gasteiger partial charge in [-0.1, -0.05) is 12.1 Å². The van der Waals surface area contributed by atoms with E-state index >= 15 is 0 Å². The summed E-state index contributed by atoms with van der Waals surface area (Å²) >= 11 is 0. The van der Waals surface area contributed by atoms with Crippen LogP contribution in [0.1, 0.15) is 18.6 Å². The van der Waals surface area contributed by atoms with Gasteiger partial charge in [-0.15, -0.1) is 0 Å². The number of nitro groups is 1. The van der Waals surface area contributed by atoms with Crippen molar-refractivity contribution in [1.82, 2.24) is 4.90 Å². The summed E-state index contributed by atoms with van der Waals surface area (Å²) in [5.74, 6) is 0. The Labute approximate surface area is 94.5 Å². The number of nitrogens with zero attached hydrogens (tertiary/aromatic N) is 2. The lowest BCUT2D eigenvalue weighted by molar-refractivity contribution is -0.385. The third-order valence-electron chi connectivity index (χ3n) is 2.69. The maximum atomic E-state index is 10.6. The molecule has 2 atom stereocenters. The number of nitro benzene ring substituents is 1. The molecule has 0 aromatic heterocycles. The van der Waals surface area contributed by atoms with Crippen LogP contribution < -0.4 is 0 Å². The van der Waals surface area contributed by atoms with Crippen LogP contribution in [0.5, 0.6) is 0 Å². The second-order valence-electron chi connectivity index (χ2n) is 4.00. The topological polar surface area (TPSA) is 66.6 Å². The number of aliphatic hydroxyl groups is 1. The standard InChI is InChI=1S/C11H16N2O3/c1-8(12(2)3)11(14)9-5-4-6-10(7-9)13(15)16/h4-8,11,14H,1-3H3/t8-,11+/m1/s1. The van der Waals surface area contributed by atoms with Gasteiger partial charge >= 0.3 is 0 Å². The molecule has 0 saturated heterocycles. The van der Waals surface area contributed by atoms with E-state index in [4.69, 9.17) is 0 Å². The molecule has 0 spiro atoms. The quantitative estimate of drug-likeness (QED) is 0.622. The molecule has 1 aromatic carbocycles. The van der Waals surface area contributed by atoms with Crippen LogP contribution in [-0.2, 0) is 0 Å². The van der Waals surface area contributed by atoms with Crippen molar-refractivity contribution in [2.45, 2.75) is 19.1 Å². The fourth-order valence-electron chi connectivity index (χ4n) is 1.38. The van der Waals surface area contributed by atoms with Crippen molar-refractivity contribution >= 4 is 5.69 Å². The Kier molecular flexibility index (Phi) is 3.98. The van der Waals surface area contributed by atoms with Crippen LogP contribution in [0.4, 0.5) is 5.69 Å². The number of likely N-dealkylation sites (N-methyl/N-ethyl adjacent to an activating group) is 1. The molecular weight excluding hydrogens is 208 g/mol. The van der Waals surface area contributed by atoms with Crippen LogP contribution in [0.2, 0.25) is 0 Å². The monoisotopic (exact) mass is 224 g/mol. The number of non-ortho nitro benzene ring substituents is 1. The van der Waals surface area contributed by atoms with Crippen LogP contribution in [-0.4, -0.2) is 35.1 Å². The van der Waals surface area contributed by atoms with Gasteiger partial charge in [0, 0.05) is 18.2 Å². The van der Waals surface area contributed by atoms with E-state index in [1.807, 2.05) is 25.9 Å². The predicted octanol–water partition coefficient (Wildman–Crippen LogP) is 1.58. The highest BCUT2D eigenvalue weighted by Crippen LogP contribution is 2.23. The van der Waals surface area contributed by atoms with Crippen LogP contribution in [0.15, 0.2) is 24.3 Å². The first-order chi connectivity index (χ1) is 7.43. The second kappa shape index (κ2) is 5.05. The third-order valence-corrected chi connectivity index (χ3v) is 2.69. The van der Waals surface area contributed by atoms with Crippen LogP contribution in [0.25, 0.3) is 0 Å². The summed E-state index contributed by atoms with van der Waals surface area (Å²) in [6.45, 7) is 1.86. The lowest BCUT2D eigenvalue weighted by Crippen LogP contribution is -2.31. The van der Waals surface area contributed by atoms with Crippen LogP contribution in [0, 0.1) is 10.1 Å². The summed E-state index contributed by atoms with van der Waals surface area (Å²) in [6, 6.07) is 6.00. The first-order valence-electron chi connectivity index (χ1n) is 5.02. The summed E-state index contributed by atoms with van der Waals surface area (Å²) in [6.07, 6.45) is -0.727. The highest BCUT2D eigenvalue weighted by molar-refractivity contribution is 5.35. The van der Waals surface area contributed by atoms with E-state index in [2.05, 4.69) is 0 Å². The second-order valence-corrected chi connectivity index (χ2v) is 4.00. The number of hydrogen-bond donors (Lipinski definition) is 1. The average molecular weight is 224 g/mol. The van der Waals surface area contributed by atoms with E-state index in [9.17, 15) is 15.2 Å². The van der Waals surface area contributed by atoms with E-state index in [1.54, 1.807) is 12.1 Å². The van der Waals surface area contributed by atoms with E-state index in [0.29, 0.717) is 5.56 Å². The lowest BCUT2D eigenvalue weighted by Gasteiger charge is -2.25. The normalized spacial score (nSPS) is 14.8. The minimum Gasteiger partial charge on any atom is -0.387 e. The van der Waals surface area contributed by atoms with E-state index < -0.39 is 11.0 Å². The fraction of sp³-hybridized carbons (Fsp3) is 0.455. The zero-order chi connectivity index (χ0) is 12.3. The van der Waals surface area contributed by atoms with Gasteiger partial charge in [0.2, 0.25) is 0 Å². The zero-order valence-corrected chi connectivity index (χ0v) is 9.62. The molecule has 16 heavy (non-hydrogen) atoms. The molecule has 0 unspecified atom stereocenters. The van der Waals surface area contributed by atoms with Crippen molar-refractivity contribution in [2.75, 3.05) is 14.1 Å². The van der Waals surface area contributed by atoms with Gasteiger partial charge in [0.05, 0.1) is 11.0 Å². The highest BCUT2D eigenvalue weighted by atomic mass is 16.6. The molecule has 1 N–H and O–H groups in total. The van der Waals surface area contributed by atoms with Crippen molar-refractivity contribution in [3.8, 4) is 0 Å². The summed E-state index contributed by atoms with van der Waals surface area (Å²) in [5.41, 5.74) is 0.568. The molecule has 1 aromatic rings. The van der Waals surface area contributed by atoms with Gasteiger partial charge in [-0.05, 0) is 26.6 Å². The smallest absolute Gasteiger partial charge is 0.269 e. The molecule has 0 aliphatic carbocycles. The fourth-order valence-corrected chi connectivity index (χ4v) is 1.38. The minimum absolute atomic E-state index is 0.00232. The summed E-state index contributed by atoms with van der Waals surface area (Å²) in [5, 5.41) is 20.6. The Bertz CT molecular complexity index is 379. The molecule has 0 fully saturated rings. The van der Waals surface area contributed by atoms with Crippen molar-refractivity contribution < 1.29 is 10.0 Å². The van der Waals surface area contributed by atoms with E-state index in [-0.39, 0.29) is 11.7 Å². The molecule has 0 saturated carbocycles. The summed E-state index contributed by atoms with van der Waals surface area (Å²) < 4.78 is 0. The Hall–Kier alpha value is -1.46. The average Bonchev–Trinajstić information content (AvgIpc) is 2.27. The van der Waals surface area contributed by atoms with Gasteiger partial charge in [0.25, 0.3) is 5.69 Å². The Morgan fingerprint density at radius 2 is 2.06 bits per heavy atom. The minimum atomic E-state index is -0.727. The lowest BCUT2D eigenvalue weighted by atomic mass is 10.0. The number of rotatable bonds is 4. The van der Waals surface area contributed by atoms with Crippen molar-refractivity contribution in [2.24, 2.45) is 0 Å². The molecule has 0 heterocycles. The predicted molar refractivity (Wildman–Crippen MR) is 61.2 cm³/mol. The number of aliphatic hydroxyl groups excluding tert-OH is 1. The first-order valence-corrected chi connectivity index (χ1v) is 5.02. The largest absolute Gasteiger partial charge is 0.387 e. The first kappa shape index (κ1) is 12.6. The number of hydrogen-bond acceptors (Lipinski definition) is 4. The van der Waals surface area contributed by atoms with Crippen molar-refractivity contribution in [3.05, 3.63) is 39.9 Å². The Morgan fingerprint density at radius 3 is 2.56 bits per heavy atom. The van der Waals surface area contributed by atoms with Gasteiger partial charge < -0.3 is 10.0 Å². The van der Waals surface area contributed by atoms with Crippen LogP contribution in [0.3, 0.4) is 0 Å². The maximum Gasteiger partial charge on any atom is 0.269 e.